The van der Waals surface area contributed by atoms with E-state index >= 15 is 0 Å². The third-order valence-corrected chi connectivity index (χ3v) is 5.38. The number of pyridine rings is 1. The summed E-state index contributed by atoms with van der Waals surface area (Å²) in [5, 5.41) is 11.2. The molecule has 3 aromatic rings. The average molecular weight is 423 g/mol. The van der Waals surface area contributed by atoms with E-state index in [0.29, 0.717) is 10.7 Å². The standard InChI is InChI=1S/C10H7N3S.C9H10F3NS/c11-5-7-1-3-8(4-2-7)9-6-14-10(12)13-9;1-6(14-2)7-3-4-8(13-5-7)9(10,11)12/h1-4,6H,(H2,12,13);3-6H,1-2H3. The Morgan fingerprint density at radius 3 is 2.29 bits per heavy atom. The van der Waals surface area contributed by atoms with Gasteiger partial charge in [0.05, 0.1) is 17.3 Å². The summed E-state index contributed by atoms with van der Waals surface area (Å²) >= 11 is 2.98. The van der Waals surface area contributed by atoms with Crippen LogP contribution in [0.5, 0.6) is 0 Å². The zero-order valence-corrected chi connectivity index (χ0v) is 16.7. The van der Waals surface area contributed by atoms with Crippen molar-refractivity contribution >= 4 is 28.2 Å². The van der Waals surface area contributed by atoms with Crippen LogP contribution in [0.3, 0.4) is 0 Å². The van der Waals surface area contributed by atoms with E-state index in [0.717, 1.165) is 22.9 Å². The van der Waals surface area contributed by atoms with Crippen LogP contribution in [-0.4, -0.2) is 16.2 Å². The predicted octanol–water partition coefficient (Wildman–Crippen LogP) is 5.79. The van der Waals surface area contributed by atoms with Crippen LogP contribution < -0.4 is 5.73 Å². The lowest BCUT2D eigenvalue weighted by molar-refractivity contribution is -0.141. The molecule has 146 valence electrons. The lowest BCUT2D eigenvalue weighted by Gasteiger charge is -2.09. The van der Waals surface area contributed by atoms with Gasteiger partial charge in [0.2, 0.25) is 0 Å². The first-order valence-electron chi connectivity index (χ1n) is 8.02. The van der Waals surface area contributed by atoms with Gasteiger partial charge in [-0.05, 0) is 36.9 Å². The van der Waals surface area contributed by atoms with Crippen molar-refractivity contribution in [2.75, 3.05) is 12.0 Å². The van der Waals surface area contributed by atoms with Crippen LogP contribution in [0, 0.1) is 11.3 Å². The minimum atomic E-state index is -4.35. The Kier molecular flexibility index (Phi) is 7.43. The molecule has 3 rings (SSSR count). The van der Waals surface area contributed by atoms with Gasteiger partial charge in [-0.1, -0.05) is 18.2 Å². The Labute approximate surface area is 169 Å². The third-order valence-electron chi connectivity index (χ3n) is 3.73. The SMILES string of the molecule is CSC(C)c1ccc(C(F)(F)F)nc1.N#Cc1ccc(-c2csc(N)n2)cc1. The molecule has 9 heteroatoms. The number of aromatic nitrogens is 2. The molecule has 4 nitrogen and oxygen atoms in total. The van der Waals surface area contributed by atoms with Crippen LogP contribution in [0.2, 0.25) is 0 Å². The lowest BCUT2D eigenvalue weighted by atomic mass is 10.1. The van der Waals surface area contributed by atoms with E-state index in [1.807, 2.05) is 30.7 Å². The number of nitriles is 1. The van der Waals surface area contributed by atoms with Gasteiger partial charge < -0.3 is 5.73 Å². The number of benzene rings is 1. The van der Waals surface area contributed by atoms with Crippen molar-refractivity contribution in [3.63, 3.8) is 0 Å². The molecule has 0 bridgehead atoms. The highest BCUT2D eigenvalue weighted by atomic mass is 32.2. The molecule has 28 heavy (non-hydrogen) atoms. The fraction of sp³-hybridized carbons (Fsp3) is 0.211. The zero-order valence-electron chi connectivity index (χ0n) is 15.1. The lowest BCUT2D eigenvalue weighted by Crippen LogP contribution is -2.07. The van der Waals surface area contributed by atoms with Gasteiger partial charge >= 0.3 is 6.18 Å². The monoisotopic (exact) mass is 422 g/mol. The van der Waals surface area contributed by atoms with Crippen LogP contribution in [0.1, 0.15) is 29.0 Å². The van der Waals surface area contributed by atoms with Crippen LogP contribution in [0.4, 0.5) is 18.3 Å². The van der Waals surface area contributed by atoms with E-state index in [9.17, 15) is 13.2 Å². The Hall–Kier alpha value is -2.57. The molecular formula is C19H17F3N4S2. The van der Waals surface area contributed by atoms with Gasteiger partial charge in [0.1, 0.15) is 5.69 Å². The van der Waals surface area contributed by atoms with Crippen LogP contribution in [0.15, 0.2) is 48.0 Å². The van der Waals surface area contributed by atoms with Crippen LogP contribution in [0.25, 0.3) is 11.3 Å². The van der Waals surface area contributed by atoms with Gasteiger partial charge in [-0.2, -0.15) is 30.2 Å². The maximum Gasteiger partial charge on any atom is 0.433 e. The second-order valence-electron chi connectivity index (χ2n) is 5.61. The number of alkyl halides is 3. The molecule has 2 aromatic heterocycles. The molecule has 0 radical (unpaired) electrons. The van der Waals surface area contributed by atoms with Crippen LogP contribution >= 0.6 is 23.1 Å². The molecule has 0 aliphatic rings. The number of halogens is 3. The molecule has 0 saturated heterocycles. The average Bonchev–Trinajstić information content (AvgIpc) is 3.13. The Morgan fingerprint density at radius 2 is 1.86 bits per heavy atom. The van der Waals surface area contributed by atoms with Gasteiger partial charge in [0, 0.05) is 22.4 Å². The summed E-state index contributed by atoms with van der Waals surface area (Å²) < 4.78 is 36.4. The van der Waals surface area contributed by atoms with E-state index in [2.05, 4.69) is 16.0 Å². The minimum absolute atomic E-state index is 0.171. The molecule has 0 saturated carbocycles. The molecule has 0 fully saturated rings. The Bertz CT molecular complexity index is 930. The largest absolute Gasteiger partial charge is 0.433 e. The summed E-state index contributed by atoms with van der Waals surface area (Å²) in [5.74, 6) is 0. The fourth-order valence-corrected chi connectivity index (χ4v) is 3.07. The summed E-state index contributed by atoms with van der Waals surface area (Å²) in [6.07, 6.45) is -1.16. The number of nitrogens with two attached hydrogens (primary N) is 1. The summed E-state index contributed by atoms with van der Waals surface area (Å²) in [7, 11) is 0. The van der Waals surface area contributed by atoms with Crippen molar-refractivity contribution in [2.24, 2.45) is 0 Å². The summed E-state index contributed by atoms with van der Waals surface area (Å²) in [4.78, 5) is 7.53. The second-order valence-corrected chi connectivity index (χ2v) is 7.68. The Balaban J connectivity index is 0.000000200. The number of thiazole rings is 1. The van der Waals surface area contributed by atoms with Crippen molar-refractivity contribution < 1.29 is 13.2 Å². The highest BCUT2D eigenvalue weighted by molar-refractivity contribution is 7.98. The van der Waals surface area contributed by atoms with E-state index in [4.69, 9.17) is 11.0 Å². The van der Waals surface area contributed by atoms with Crippen LogP contribution in [-0.2, 0) is 6.18 Å². The van der Waals surface area contributed by atoms with Gasteiger partial charge in [-0.3, -0.25) is 4.98 Å². The molecule has 1 aromatic carbocycles. The van der Waals surface area contributed by atoms with Gasteiger partial charge in [-0.15, -0.1) is 11.3 Å². The number of thioether (sulfide) groups is 1. The first-order chi connectivity index (χ1) is 13.2. The molecule has 0 amide bonds. The zero-order chi connectivity index (χ0) is 20.7. The number of anilines is 1. The van der Waals surface area contributed by atoms with E-state index in [1.54, 1.807) is 23.9 Å². The fourth-order valence-electron chi connectivity index (χ4n) is 2.09. The van der Waals surface area contributed by atoms with Gasteiger partial charge in [0.15, 0.2) is 5.13 Å². The summed E-state index contributed by atoms with van der Waals surface area (Å²) in [6.45, 7) is 1.93. The highest BCUT2D eigenvalue weighted by Gasteiger charge is 2.32. The van der Waals surface area contributed by atoms with Crippen molar-refractivity contribution in [1.29, 1.82) is 5.26 Å². The maximum absolute atomic E-state index is 12.1. The van der Waals surface area contributed by atoms with E-state index in [1.165, 1.54) is 23.6 Å². The molecule has 0 aliphatic carbocycles. The number of hydrogen-bond donors (Lipinski definition) is 1. The first-order valence-corrected chi connectivity index (χ1v) is 10.2. The minimum Gasteiger partial charge on any atom is -0.375 e. The second kappa shape index (κ2) is 9.57. The summed E-state index contributed by atoms with van der Waals surface area (Å²) in [6, 6.07) is 11.8. The van der Waals surface area contributed by atoms with Crippen molar-refractivity contribution in [1.82, 2.24) is 9.97 Å². The normalized spacial score (nSPS) is 11.9. The highest BCUT2D eigenvalue weighted by Crippen LogP contribution is 2.30. The molecule has 0 spiro atoms. The van der Waals surface area contributed by atoms with Gasteiger partial charge in [0.25, 0.3) is 0 Å². The molecule has 0 aliphatic heterocycles. The first kappa shape index (κ1) is 21.7. The molecule has 2 N–H and O–H groups in total. The third kappa shape index (κ3) is 5.97. The van der Waals surface area contributed by atoms with E-state index in [-0.39, 0.29) is 5.25 Å². The summed E-state index contributed by atoms with van der Waals surface area (Å²) in [5.41, 5.74) is 7.99. The number of hydrogen-bond acceptors (Lipinski definition) is 6. The number of nitrogens with zero attached hydrogens (tertiary/aromatic N) is 3. The van der Waals surface area contributed by atoms with Gasteiger partial charge in [-0.25, -0.2) is 4.98 Å². The van der Waals surface area contributed by atoms with E-state index < -0.39 is 11.9 Å². The number of rotatable bonds is 3. The van der Waals surface area contributed by atoms with Crippen molar-refractivity contribution in [2.45, 2.75) is 18.3 Å². The maximum atomic E-state index is 12.1. The molecule has 1 unspecified atom stereocenters. The quantitative estimate of drug-likeness (QED) is 0.578. The molecule has 2 heterocycles. The molecule has 1 atom stereocenters. The van der Waals surface area contributed by atoms with Crippen molar-refractivity contribution in [3.05, 3.63) is 64.8 Å². The molecular weight excluding hydrogens is 405 g/mol. The Morgan fingerprint density at radius 1 is 1.18 bits per heavy atom. The smallest absolute Gasteiger partial charge is 0.375 e. The topological polar surface area (TPSA) is 75.6 Å². The van der Waals surface area contributed by atoms with Crippen molar-refractivity contribution in [3.8, 4) is 17.3 Å². The number of nitrogen functional groups attached to an aromatic ring is 1. The predicted molar refractivity (Wildman–Crippen MR) is 108 cm³/mol.